The van der Waals surface area contributed by atoms with Gasteiger partial charge in [-0.2, -0.15) is 5.26 Å². The molecule has 0 aliphatic rings. The number of rotatable bonds is 6. The van der Waals surface area contributed by atoms with E-state index in [0.717, 1.165) is 36.1 Å². The number of aryl methyl sites for hydroxylation is 1. The Morgan fingerprint density at radius 3 is 2.54 bits per heavy atom. The second-order valence-corrected chi connectivity index (χ2v) is 6.43. The van der Waals surface area contributed by atoms with Gasteiger partial charge in [0.1, 0.15) is 5.69 Å². The first kappa shape index (κ1) is 17.8. The molecule has 0 saturated carbocycles. The molecule has 5 heteroatoms. The molecule has 0 atom stereocenters. The summed E-state index contributed by atoms with van der Waals surface area (Å²) in [5.74, 6) is 0. The maximum atomic E-state index is 12.7. The molecule has 1 heterocycles. The zero-order valence-corrected chi connectivity index (χ0v) is 15.1. The van der Waals surface area contributed by atoms with Crippen LogP contribution in [-0.4, -0.2) is 21.0 Å². The predicted octanol–water partition coefficient (Wildman–Crippen LogP) is 3.22. The van der Waals surface area contributed by atoms with Crippen molar-refractivity contribution in [2.75, 3.05) is 6.54 Å². The van der Waals surface area contributed by atoms with Crippen LogP contribution in [0.2, 0.25) is 0 Å². The molecule has 3 rings (SSSR count). The van der Waals surface area contributed by atoms with E-state index in [4.69, 9.17) is 5.26 Å². The van der Waals surface area contributed by atoms with Crippen LogP contribution in [0, 0.1) is 11.3 Å². The molecular formula is C21H22N4O. The topological polar surface area (TPSA) is 61.9 Å². The van der Waals surface area contributed by atoms with Crippen molar-refractivity contribution in [2.24, 2.45) is 7.05 Å². The van der Waals surface area contributed by atoms with Gasteiger partial charge in [-0.05, 0) is 42.8 Å². The van der Waals surface area contributed by atoms with E-state index in [-0.39, 0.29) is 5.56 Å². The summed E-state index contributed by atoms with van der Waals surface area (Å²) in [4.78, 5) is 19.5. The fourth-order valence-electron chi connectivity index (χ4n) is 3.13. The van der Waals surface area contributed by atoms with Gasteiger partial charge < -0.3 is 4.57 Å². The molecule has 0 amide bonds. The van der Waals surface area contributed by atoms with Crippen LogP contribution in [-0.2, 0) is 20.1 Å². The van der Waals surface area contributed by atoms with Crippen LogP contribution in [0.15, 0.2) is 53.3 Å². The van der Waals surface area contributed by atoms with Crippen LogP contribution >= 0.6 is 0 Å². The quantitative estimate of drug-likeness (QED) is 0.687. The normalized spacial score (nSPS) is 11.0. The van der Waals surface area contributed by atoms with Crippen molar-refractivity contribution in [1.82, 2.24) is 14.5 Å². The summed E-state index contributed by atoms with van der Waals surface area (Å²) >= 11 is 0. The molecule has 2 aromatic carbocycles. The van der Waals surface area contributed by atoms with Gasteiger partial charge in [0.25, 0.3) is 5.56 Å². The van der Waals surface area contributed by atoms with Crippen LogP contribution in [0.25, 0.3) is 11.0 Å². The van der Waals surface area contributed by atoms with Crippen molar-refractivity contribution < 1.29 is 0 Å². The summed E-state index contributed by atoms with van der Waals surface area (Å²) in [5, 5.41) is 8.93. The fraction of sp³-hybridized carbons (Fsp3) is 0.286. The van der Waals surface area contributed by atoms with E-state index in [0.29, 0.717) is 17.8 Å². The van der Waals surface area contributed by atoms with Crippen molar-refractivity contribution in [1.29, 1.82) is 5.26 Å². The van der Waals surface area contributed by atoms with E-state index < -0.39 is 0 Å². The lowest BCUT2D eigenvalue weighted by atomic mass is 10.1. The summed E-state index contributed by atoms with van der Waals surface area (Å²) in [7, 11) is 1.79. The van der Waals surface area contributed by atoms with Gasteiger partial charge in [-0.1, -0.05) is 31.2 Å². The molecule has 0 saturated heterocycles. The van der Waals surface area contributed by atoms with Gasteiger partial charge in [0.05, 0.1) is 22.7 Å². The summed E-state index contributed by atoms with van der Waals surface area (Å²) in [6, 6.07) is 17.4. The molecule has 0 radical (unpaired) electrons. The van der Waals surface area contributed by atoms with Gasteiger partial charge in [-0.25, -0.2) is 4.98 Å². The molecule has 1 aromatic heterocycles. The molecule has 26 heavy (non-hydrogen) atoms. The Hall–Kier alpha value is -2.97. The zero-order valence-electron chi connectivity index (χ0n) is 15.1. The summed E-state index contributed by atoms with van der Waals surface area (Å²) in [5.41, 5.74) is 3.96. The highest BCUT2D eigenvalue weighted by molar-refractivity contribution is 5.74. The molecule has 132 valence electrons. The molecule has 5 nitrogen and oxygen atoms in total. The number of hydrogen-bond acceptors (Lipinski definition) is 4. The summed E-state index contributed by atoms with van der Waals surface area (Å²) in [6.07, 6.45) is 0.990. The highest BCUT2D eigenvalue weighted by atomic mass is 16.1. The molecule has 0 N–H and O–H groups in total. The number of aromatic nitrogens is 2. The third-order valence-corrected chi connectivity index (χ3v) is 4.45. The van der Waals surface area contributed by atoms with Crippen LogP contribution in [0.3, 0.4) is 0 Å². The number of benzene rings is 2. The number of nitrogens with zero attached hydrogens (tertiary/aromatic N) is 4. The first-order chi connectivity index (χ1) is 12.6. The zero-order chi connectivity index (χ0) is 18.5. The maximum absolute atomic E-state index is 12.7. The average Bonchev–Trinajstić information content (AvgIpc) is 2.66. The Morgan fingerprint density at radius 1 is 1.12 bits per heavy atom. The molecule has 0 bridgehead atoms. The van der Waals surface area contributed by atoms with Crippen LogP contribution < -0.4 is 5.56 Å². The van der Waals surface area contributed by atoms with Crippen LogP contribution in [0.4, 0.5) is 0 Å². The van der Waals surface area contributed by atoms with Crippen LogP contribution in [0.5, 0.6) is 0 Å². The third-order valence-electron chi connectivity index (χ3n) is 4.45. The van der Waals surface area contributed by atoms with Gasteiger partial charge in [-0.15, -0.1) is 0 Å². The SMILES string of the molecule is CCCN(Cc1ccc(C#N)cc1)Cc1nc2ccccc2n(C)c1=O. The fourth-order valence-corrected chi connectivity index (χ4v) is 3.13. The second-order valence-electron chi connectivity index (χ2n) is 6.43. The largest absolute Gasteiger partial charge is 0.308 e. The Bertz CT molecular complexity index is 999. The van der Waals surface area contributed by atoms with Gasteiger partial charge in [0.2, 0.25) is 0 Å². The highest BCUT2D eigenvalue weighted by Crippen LogP contribution is 2.12. The standard InChI is InChI=1S/C21H22N4O/c1-3-12-25(14-17-10-8-16(13-22)9-11-17)15-19-21(26)24(2)20-7-5-4-6-18(20)23-19/h4-11H,3,12,14-15H2,1-2H3. The minimum atomic E-state index is -0.0513. The van der Waals surface area contributed by atoms with E-state index in [2.05, 4.69) is 22.9 Å². The Labute approximate surface area is 153 Å². The van der Waals surface area contributed by atoms with Gasteiger partial charge in [0, 0.05) is 20.1 Å². The number of para-hydroxylation sites is 2. The first-order valence-electron chi connectivity index (χ1n) is 8.78. The van der Waals surface area contributed by atoms with Gasteiger partial charge >= 0.3 is 0 Å². The molecular weight excluding hydrogens is 324 g/mol. The lowest BCUT2D eigenvalue weighted by Gasteiger charge is -2.21. The van der Waals surface area contributed by atoms with Gasteiger partial charge in [-0.3, -0.25) is 9.69 Å². The minimum Gasteiger partial charge on any atom is -0.308 e. The van der Waals surface area contributed by atoms with Crippen molar-refractivity contribution in [3.8, 4) is 6.07 Å². The molecule has 0 aliphatic heterocycles. The second kappa shape index (κ2) is 7.94. The van der Waals surface area contributed by atoms with E-state index in [1.165, 1.54) is 0 Å². The van der Waals surface area contributed by atoms with E-state index in [9.17, 15) is 4.79 Å². The lowest BCUT2D eigenvalue weighted by Crippen LogP contribution is -2.31. The summed E-state index contributed by atoms with van der Waals surface area (Å²) < 4.78 is 1.67. The lowest BCUT2D eigenvalue weighted by molar-refractivity contribution is 0.253. The Balaban J connectivity index is 1.88. The molecule has 0 aliphatic carbocycles. The van der Waals surface area contributed by atoms with Crippen molar-refractivity contribution >= 4 is 11.0 Å². The average molecular weight is 346 g/mol. The van der Waals surface area contributed by atoms with E-state index in [1.807, 2.05) is 48.5 Å². The highest BCUT2D eigenvalue weighted by Gasteiger charge is 2.13. The Kier molecular flexibility index (Phi) is 5.45. The smallest absolute Gasteiger partial charge is 0.273 e. The Morgan fingerprint density at radius 2 is 1.85 bits per heavy atom. The summed E-state index contributed by atoms with van der Waals surface area (Å²) in [6.45, 7) is 4.22. The van der Waals surface area contributed by atoms with Crippen molar-refractivity contribution in [3.05, 3.63) is 75.7 Å². The van der Waals surface area contributed by atoms with Crippen molar-refractivity contribution in [2.45, 2.75) is 26.4 Å². The molecule has 0 fully saturated rings. The minimum absolute atomic E-state index is 0.0513. The number of fused-ring (bicyclic) bond motifs is 1. The monoisotopic (exact) mass is 346 g/mol. The number of nitriles is 1. The van der Waals surface area contributed by atoms with Crippen LogP contribution in [0.1, 0.15) is 30.2 Å². The molecule has 0 spiro atoms. The van der Waals surface area contributed by atoms with E-state index >= 15 is 0 Å². The molecule has 0 unspecified atom stereocenters. The van der Waals surface area contributed by atoms with Crippen molar-refractivity contribution in [3.63, 3.8) is 0 Å². The predicted molar refractivity (Wildman–Crippen MR) is 103 cm³/mol. The molecule has 3 aromatic rings. The third kappa shape index (κ3) is 3.81. The van der Waals surface area contributed by atoms with Gasteiger partial charge in [0.15, 0.2) is 0 Å². The number of hydrogen-bond donors (Lipinski definition) is 0. The van der Waals surface area contributed by atoms with E-state index in [1.54, 1.807) is 11.6 Å². The first-order valence-corrected chi connectivity index (χ1v) is 8.78. The maximum Gasteiger partial charge on any atom is 0.273 e.